The topological polar surface area (TPSA) is 110 Å². The number of nitrogens with one attached hydrogen (secondary N) is 1. The smallest absolute Gasteiger partial charge is 0.271 e. The van der Waals surface area contributed by atoms with Crippen molar-refractivity contribution >= 4 is 29.1 Å². The van der Waals surface area contributed by atoms with E-state index in [1.54, 1.807) is 0 Å². The lowest BCUT2D eigenvalue weighted by molar-refractivity contribution is -0.384. The molecular weight excluding hydrogens is 362 g/mol. The number of benzene rings is 1. The van der Waals surface area contributed by atoms with Gasteiger partial charge in [-0.3, -0.25) is 29.4 Å². The number of anilines is 1. The number of nitro groups is 1. The van der Waals surface area contributed by atoms with E-state index in [1.807, 2.05) is 0 Å². The molecule has 28 heavy (non-hydrogen) atoms. The number of nitro benzene ring substituents is 1. The zero-order valence-electron chi connectivity index (χ0n) is 15.1. The summed E-state index contributed by atoms with van der Waals surface area (Å²) in [4.78, 5) is 50.2. The summed E-state index contributed by atoms with van der Waals surface area (Å²) >= 11 is 0. The minimum Gasteiger partial charge on any atom is -0.324 e. The Labute approximate surface area is 160 Å². The number of nitrogens with zero attached hydrogens (tertiary/aromatic N) is 2. The SMILES string of the molecule is C[C@H](C(=O)Nc1cccc([N+](=O)[O-])c1)N1C(=O)[C@@H]2[C@@H]3C=C[C@H]([C@H]4C[C@H]34)[C@@H]2C1=O. The molecule has 8 nitrogen and oxygen atoms in total. The summed E-state index contributed by atoms with van der Waals surface area (Å²) < 4.78 is 0. The Kier molecular flexibility index (Phi) is 3.50. The summed E-state index contributed by atoms with van der Waals surface area (Å²) in [5.74, 6) is -0.543. The highest BCUT2D eigenvalue weighted by Gasteiger charge is 2.67. The molecule has 2 saturated carbocycles. The van der Waals surface area contributed by atoms with Gasteiger partial charge in [-0.2, -0.15) is 0 Å². The van der Waals surface area contributed by atoms with E-state index in [1.165, 1.54) is 31.2 Å². The van der Waals surface area contributed by atoms with Gasteiger partial charge >= 0.3 is 0 Å². The summed E-state index contributed by atoms with van der Waals surface area (Å²) in [6.45, 7) is 1.52. The molecule has 1 N–H and O–H groups in total. The lowest BCUT2D eigenvalue weighted by atomic mass is 9.63. The van der Waals surface area contributed by atoms with E-state index in [9.17, 15) is 24.5 Å². The van der Waals surface area contributed by atoms with Crippen LogP contribution in [0.4, 0.5) is 11.4 Å². The number of imide groups is 1. The maximum atomic E-state index is 13.0. The predicted molar refractivity (Wildman–Crippen MR) is 97.7 cm³/mol. The third-order valence-corrected chi connectivity index (χ3v) is 6.79. The molecule has 4 aliphatic carbocycles. The quantitative estimate of drug-likeness (QED) is 0.371. The molecule has 2 bridgehead atoms. The molecule has 1 aromatic carbocycles. The molecule has 7 atom stereocenters. The van der Waals surface area contributed by atoms with Gasteiger partial charge in [0.15, 0.2) is 0 Å². The molecule has 0 unspecified atom stereocenters. The number of carbonyl (C=O) groups excluding carboxylic acids is 3. The van der Waals surface area contributed by atoms with E-state index < -0.39 is 16.9 Å². The van der Waals surface area contributed by atoms with Crippen LogP contribution >= 0.6 is 0 Å². The van der Waals surface area contributed by atoms with Crippen molar-refractivity contribution < 1.29 is 19.3 Å². The van der Waals surface area contributed by atoms with Gasteiger partial charge in [0.2, 0.25) is 17.7 Å². The summed E-state index contributed by atoms with van der Waals surface area (Å²) in [6.07, 6.45) is 5.25. The van der Waals surface area contributed by atoms with Crippen LogP contribution in [0, 0.1) is 45.6 Å². The number of non-ortho nitro benzene ring substituents is 1. The second-order valence-corrected chi connectivity index (χ2v) is 8.17. The highest BCUT2D eigenvalue weighted by molar-refractivity contribution is 6.10. The van der Waals surface area contributed by atoms with Gasteiger partial charge in [0, 0.05) is 17.8 Å². The van der Waals surface area contributed by atoms with Crippen LogP contribution in [0.5, 0.6) is 0 Å². The van der Waals surface area contributed by atoms with E-state index in [0.717, 1.165) is 11.3 Å². The maximum absolute atomic E-state index is 13.0. The molecular formula is C20H19N3O5. The van der Waals surface area contributed by atoms with E-state index in [4.69, 9.17) is 0 Å². The fraction of sp³-hybridized carbons (Fsp3) is 0.450. The molecule has 0 spiro atoms. The predicted octanol–water partition coefficient (Wildman–Crippen LogP) is 1.97. The molecule has 0 radical (unpaired) electrons. The van der Waals surface area contributed by atoms with Crippen molar-refractivity contribution in [1.29, 1.82) is 0 Å². The van der Waals surface area contributed by atoms with Gasteiger partial charge in [-0.15, -0.1) is 0 Å². The van der Waals surface area contributed by atoms with Crippen LogP contribution in [0.15, 0.2) is 36.4 Å². The van der Waals surface area contributed by atoms with Crippen LogP contribution in [0.25, 0.3) is 0 Å². The first kappa shape index (κ1) is 17.1. The molecule has 0 aromatic heterocycles. The fourth-order valence-electron chi connectivity index (χ4n) is 5.42. The van der Waals surface area contributed by atoms with Crippen LogP contribution in [-0.4, -0.2) is 33.6 Å². The first-order chi connectivity index (χ1) is 13.4. The number of hydrogen-bond acceptors (Lipinski definition) is 5. The zero-order chi connectivity index (χ0) is 19.7. The molecule has 8 heteroatoms. The Morgan fingerprint density at radius 2 is 1.79 bits per heavy atom. The lowest BCUT2D eigenvalue weighted by Gasteiger charge is -2.37. The van der Waals surface area contributed by atoms with E-state index in [-0.39, 0.29) is 46.9 Å². The molecule has 3 amide bonds. The van der Waals surface area contributed by atoms with E-state index in [2.05, 4.69) is 17.5 Å². The molecule has 1 heterocycles. The summed E-state index contributed by atoms with van der Waals surface area (Å²) in [6, 6.07) is 4.60. The van der Waals surface area contributed by atoms with Crippen molar-refractivity contribution in [3.05, 3.63) is 46.5 Å². The monoisotopic (exact) mass is 381 g/mol. The van der Waals surface area contributed by atoms with Crippen LogP contribution in [-0.2, 0) is 14.4 Å². The van der Waals surface area contributed by atoms with Crippen LogP contribution < -0.4 is 5.32 Å². The first-order valence-electron chi connectivity index (χ1n) is 9.49. The summed E-state index contributed by atoms with van der Waals surface area (Å²) in [5.41, 5.74) is 0.109. The highest BCUT2D eigenvalue weighted by atomic mass is 16.6. The van der Waals surface area contributed by atoms with Gasteiger partial charge in [0.05, 0.1) is 16.8 Å². The van der Waals surface area contributed by atoms with E-state index >= 15 is 0 Å². The van der Waals surface area contributed by atoms with Gasteiger partial charge < -0.3 is 5.32 Å². The number of amides is 3. The normalized spacial score (nSPS) is 35.4. The lowest BCUT2D eigenvalue weighted by Crippen LogP contribution is -2.46. The van der Waals surface area contributed by atoms with Gasteiger partial charge in [0.25, 0.3) is 5.69 Å². The number of rotatable bonds is 4. The van der Waals surface area contributed by atoms with Crippen LogP contribution in [0.1, 0.15) is 13.3 Å². The summed E-state index contributed by atoms with van der Waals surface area (Å²) in [7, 11) is 0. The fourth-order valence-corrected chi connectivity index (χ4v) is 5.42. The molecule has 6 rings (SSSR count). The van der Waals surface area contributed by atoms with Crippen molar-refractivity contribution in [2.75, 3.05) is 5.32 Å². The van der Waals surface area contributed by atoms with E-state index in [0.29, 0.717) is 11.8 Å². The van der Waals surface area contributed by atoms with Crippen molar-refractivity contribution in [2.24, 2.45) is 35.5 Å². The standard InChI is InChI=1S/C20H19N3O5/c1-9(18(24)21-10-3-2-4-11(7-10)23(27)28)22-19(25)16-12-5-6-13(15-8-14(12)15)17(16)20(22)26/h2-7,9,12-17H,8H2,1H3,(H,21,24)/t9-,12-,13-,14-,15-,16-,17+/m1/s1. The van der Waals surface area contributed by atoms with Crippen molar-refractivity contribution in [3.63, 3.8) is 0 Å². The van der Waals surface area contributed by atoms with Gasteiger partial charge in [-0.05, 0) is 43.1 Å². The first-order valence-corrected chi connectivity index (χ1v) is 9.49. The minimum atomic E-state index is -0.972. The zero-order valence-corrected chi connectivity index (χ0v) is 15.1. The Bertz CT molecular complexity index is 921. The van der Waals surface area contributed by atoms with Crippen molar-refractivity contribution in [1.82, 2.24) is 4.90 Å². The average Bonchev–Trinajstić information content (AvgIpc) is 3.45. The molecule has 1 saturated heterocycles. The number of hydrogen-bond donors (Lipinski definition) is 1. The van der Waals surface area contributed by atoms with Crippen molar-refractivity contribution in [2.45, 2.75) is 19.4 Å². The molecule has 144 valence electrons. The van der Waals surface area contributed by atoms with Crippen molar-refractivity contribution in [3.8, 4) is 0 Å². The Hall–Kier alpha value is -3.03. The molecule has 5 aliphatic rings. The van der Waals surface area contributed by atoms with Crippen LogP contribution in [0.3, 0.4) is 0 Å². The second-order valence-electron chi connectivity index (χ2n) is 8.17. The Morgan fingerprint density at radius 1 is 1.18 bits per heavy atom. The molecule has 1 aliphatic heterocycles. The van der Waals surface area contributed by atoms with Crippen LogP contribution in [0.2, 0.25) is 0 Å². The summed E-state index contributed by atoms with van der Waals surface area (Å²) in [5, 5.41) is 13.5. The largest absolute Gasteiger partial charge is 0.324 e. The number of likely N-dealkylation sites (tertiary alicyclic amines) is 1. The second kappa shape index (κ2) is 5.73. The third-order valence-electron chi connectivity index (χ3n) is 6.79. The highest BCUT2D eigenvalue weighted by Crippen LogP contribution is 2.65. The minimum absolute atomic E-state index is 0.105. The molecule has 1 aromatic rings. The van der Waals surface area contributed by atoms with Gasteiger partial charge in [-0.25, -0.2) is 0 Å². The van der Waals surface area contributed by atoms with Gasteiger partial charge in [0.1, 0.15) is 6.04 Å². The maximum Gasteiger partial charge on any atom is 0.271 e. The average molecular weight is 381 g/mol. The molecule has 3 fully saturated rings. The Morgan fingerprint density at radius 3 is 2.36 bits per heavy atom. The third kappa shape index (κ3) is 2.26. The number of allylic oxidation sites excluding steroid dienone is 2. The number of carbonyl (C=O) groups is 3. The Balaban J connectivity index is 1.36. The van der Waals surface area contributed by atoms with Gasteiger partial charge in [-0.1, -0.05) is 18.2 Å².